The Morgan fingerprint density at radius 3 is 2.54 bits per heavy atom. The van der Waals surface area contributed by atoms with Crippen molar-refractivity contribution in [2.45, 2.75) is 11.5 Å². The highest BCUT2D eigenvalue weighted by Gasteiger charge is 2.36. The Balaban J connectivity index is 3.05. The molecule has 0 fully saturated rings. The molecule has 0 bridgehead atoms. The van der Waals surface area contributed by atoms with Crippen LogP contribution in [-0.4, -0.2) is 24.4 Å². The second-order valence-corrected chi connectivity index (χ2v) is 3.64. The van der Waals surface area contributed by atoms with Crippen LogP contribution in [0.4, 0.5) is 0 Å². The third-order valence-corrected chi connectivity index (χ3v) is 2.65. The first kappa shape index (κ1) is 10.7. The van der Waals surface area contributed by atoms with Crippen LogP contribution in [0.25, 0.3) is 0 Å². The van der Waals surface area contributed by atoms with Crippen molar-refractivity contribution < 1.29 is 14.6 Å². The largest absolute Gasteiger partial charge is 0.501 e. The normalized spacial score (nSPS) is 28.5. The van der Waals surface area contributed by atoms with E-state index in [1.807, 2.05) is 0 Å². The molecular weight excluding hydrogens is 215 g/mol. The molecule has 0 saturated carbocycles. The summed E-state index contributed by atoms with van der Waals surface area (Å²) in [6.45, 7) is 0. The van der Waals surface area contributed by atoms with Crippen LogP contribution in [0.2, 0.25) is 0 Å². The molecule has 1 rings (SSSR count). The molecule has 0 aromatic rings. The highest BCUT2D eigenvalue weighted by Crippen LogP contribution is 2.38. The van der Waals surface area contributed by atoms with Crippen molar-refractivity contribution in [3.63, 3.8) is 0 Å². The first-order chi connectivity index (χ1) is 6.01. The molecule has 0 saturated heterocycles. The van der Waals surface area contributed by atoms with E-state index < -0.39 is 5.06 Å². The van der Waals surface area contributed by atoms with Gasteiger partial charge in [-0.25, -0.2) is 0 Å². The van der Waals surface area contributed by atoms with Crippen LogP contribution in [0.1, 0.15) is 6.42 Å². The summed E-state index contributed by atoms with van der Waals surface area (Å²) in [5.41, 5.74) is 0. The zero-order valence-electron chi connectivity index (χ0n) is 7.30. The molecule has 5 heteroatoms. The van der Waals surface area contributed by atoms with Crippen molar-refractivity contribution in [2.75, 3.05) is 14.2 Å². The zero-order valence-corrected chi connectivity index (χ0v) is 8.82. The quantitative estimate of drug-likeness (QED) is 0.730. The lowest BCUT2D eigenvalue weighted by Gasteiger charge is -2.26. The van der Waals surface area contributed by atoms with E-state index in [4.69, 9.17) is 32.7 Å². The van der Waals surface area contributed by atoms with Crippen LogP contribution in [0.15, 0.2) is 22.6 Å². The Labute approximate surface area is 86.5 Å². The fourth-order valence-electron chi connectivity index (χ4n) is 1.04. The minimum absolute atomic E-state index is 0.0810. The Morgan fingerprint density at radius 2 is 2.08 bits per heavy atom. The lowest BCUT2D eigenvalue weighted by atomic mass is 10.1. The molecule has 0 heterocycles. The first-order valence-corrected chi connectivity index (χ1v) is 4.37. The number of allylic oxidation sites excluding steroid dienone is 1. The number of ether oxygens (including phenoxy) is 2. The number of halogens is 2. The Hall–Kier alpha value is -0.380. The predicted molar refractivity (Wildman–Crippen MR) is 50.4 cm³/mol. The Bertz CT molecular complexity index is 269. The maximum Gasteiger partial charge on any atom is 0.185 e. The van der Waals surface area contributed by atoms with Gasteiger partial charge in [0.25, 0.3) is 0 Å². The molecule has 3 nitrogen and oxygen atoms in total. The van der Waals surface area contributed by atoms with Gasteiger partial charge >= 0.3 is 0 Å². The number of rotatable bonds is 2. The Morgan fingerprint density at radius 1 is 1.46 bits per heavy atom. The molecule has 0 radical (unpaired) electrons. The van der Waals surface area contributed by atoms with Gasteiger partial charge in [-0.1, -0.05) is 23.2 Å². The van der Waals surface area contributed by atoms with Crippen LogP contribution in [0, 0.1) is 0 Å². The number of alkyl halides is 1. The summed E-state index contributed by atoms with van der Waals surface area (Å²) in [6.07, 6.45) is 1.73. The van der Waals surface area contributed by atoms with Crippen LogP contribution in [0.5, 0.6) is 0 Å². The van der Waals surface area contributed by atoms with Gasteiger partial charge in [0.05, 0.1) is 20.6 Å². The zero-order chi connectivity index (χ0) is 10.1. The maximum atomic E-state index is 9.62. The second-order valence-electron chi connectivity index (χ2n) is 2.63. The van der Waals surface area contributed by atoms with Crippen LogP contribution in [0.3, 0.4) is 0 Å². The third-order valence-electron chi connectivity index (χ3n) is 1.74. The van der Waals surface area contributed by atoms with Gasteiger partial charge in [0.15, 0.2) is 5.06 Å². The topological polar surface area (TPSA) is 38.7 Å². The van der Waals surface area contributed by atoms with Gasteiger partial charge in [-0.15, -0.1) is 0 Å². The number of hydrogen-bond acceptors (Lipinski definition) is 3. The molecule has 1 N–H and O–H groups in total. The molecule has 0 aromatic heterocycles. The highest BCUT2D eigenvalue weighted by atomic mass is 35.5. The second kappa shape index (κ2) is 3.78. The third kappa shape index (κ3) is 2.10. The lowest BCUT2D eigenvalue weighted by Crippen LogP contribution is -2.26. The predicted octanol–water partition coefficient (Wildman–Crippen LogP) is 1.94. The molecule has 0 aliphatic heterocycles. The van der Waals surface area contributed by atoms with Gasteiger partial charge in [-0.3, -0.25) is 0 Å². The van der Waals surface area contributed by atoms with E-state index in [2.05, 4.69) is 0 Å². The van der Waals surface area contributed by atoms with Gasteiger partial charge in [0.2, 0.25) is 0 Å². The average Bonchev–Trinajstić information content (AvgIpc) is 2.09. The highest BCUT2D eigenvalue weighted by molar-refractivity contribution is 6.39. The summed E-state index contributed by atoms with van der Waals surface area (Å²) in [5, 5.41) is 8.08. The van der Waals surface area contributed by atoms with E-state index in [-0.39, 0.29) is 11.5 Å². The van der Waals surface area contributed by atoms with Crippen molar-refractivity contribution in [2.24, 2.45) is 0 Å². The van der Waals surface area contributed by atoms with Gasteiger partial charge in [-0.2, -0.15) is 0 Å². The molecule has 0 amide bonds. The minimum Gasteiger partial charge on any atom is -0.501 e. The molecule has 0 spiro atoms. The fourth-order valence-corrected chi connectivity index (χ4v) is 1.46. The molecule has 1 aliphatic carbocycles. The van der Waals surface area contributed by atoms with Crippen molar-refractivity contribution in [1.29, 1.82) is 0 Å². The molecule has 13 heavy (non-hydrogen) atoms. The minimum atomic E-state index is -1.62. The molecule has 0 aromatic carbocycles. The molecular formula is C8H10Cl2O3. The van der Waals surface area contributed by atoms with E-state index >= 15 is 0 Å². The molecule has 1 aliphatic rings. The summed E-state index contributed by atoms with van der Waals surface area (Å²) in [7, 11) is 2.94. The number of methoxy groups -OCH3 is 2. The molecule has 1 unspecified atom stereocenters. The maximum absolute atomic E-state index is 9.62. The van der Waals surface area contributed by atoms with Crippen molar-refractivity contribution in [3.8, 4) is 0 Å². The SMILES string of the molecule is COC1=CC(OC)=C(Cl)C(O)(Cl)C1. The van der Waals surface area contributed by atoms with E-state index in [0.717, 1.165) is 0 Å². The summed E-state index contributed by atoms with van der Waals surface area (Å²) in [4.78, 5) is 0. The lowest BCUT2D eigenvalue weighted by molar-refractivity contribution is 0.133. The van der Waals surface area contributed by atoms with Crippen LogP contribution >= 0.6 is 23.2 Å². The van der Waals surface area contributed by atoms with E-state index in [1.165, 1.54) is 14.2 Å². The fraction of sp³-hybridized carbons (Fsp3) is 0.500. The monoisotopic (exact) mass is 224 g/mol. The average molecular weight is 225 g/mol. The van der Waals surface area contributed by atoms with E-state index in [1.54, 1.807) is 6.08 Å². The number of hydrogen-bond donors (Lipinski definition) is 1. The number of aliphatic hydroxyl groups is 1. The van der Waals surface area contributed by atoms with Crippen molar-refractivity contribution in [1.82, 2.24) is 0 Å². The standard InChI is InChI=1S/C8H10Cl2O3/c1-12-5-3-6(13-2)7(9)8(10,11)4-5/h3,11H,4H2,1-2H3. The van der Waals surface area contributed by atoms with Crippen LogP contribution in [-0.2, 0) is 9.47 Å². The van der Waals surface area contributed by atoms with E-state index in [9.17, 15) is 5.11 Å². The summed E-state index contributed by atoms with van der Waals surface area (Å²) >= 11 is 11.5. The van der Waals surface area contributed by atoms with E-state index in [0.29, 0.717) is 11.5 Å². The van der Waals surface area contributed by atoms with Gasteiger partial charge < -0.3 is 14.6 Å². The summed E-state index contributed by atoms with van der Waals surface area (Å²) in [6, 6.07) is 0. The smallest absolute Gasteiger partial charge is 0.185 e. The molecule has 1 atom stereocenters. The summed E-state index contributed by atoms with van der Waals surface area (Å²) < 4.78 is 9.87. The Kier molecular flexibility index (Phi) is 3.11. The van der Waals surface area contributed by atoms with Crippen LogP contribution < -0.4 is 0 Å². The van der Waals surface area contributed by atoms with Gasteiger partial charge in [-0.05, 0) is 0 Å². The molecule has 74 valence electrons. The van der Waals surface area contributed by atoms with Gasteiger partial charge in [0.1, 0.15) is 16.6 Å². The van der Waals surface area contributed by atoms with Gasteiger partial charge in [0, 0.05) is 6.08 Å². The van der Waals surface area contributed by atoms with Crippen molar-refractivity contribution in [3.05, 3.63) is 22.6 Å². The van der Waals surface area contributed by atoms with Crippen molar-refractivity contribution >= 4 is 23.2 Å². The first-order valence-electron chi connectivity index (χ1n) is 3.61. The summed E-state index contributed by atoms with van der Waals surface area (Å²) in [5.74, 6) is 0.848.